The van der Waals surface area contributed by atoms with Crippen molar-refractivity contribution in [3.05, 3.63) is 59.3 Å². The first kappa shape index (κ1) is 18.3. The fraction of sp³-hybridized carbons (Fsp3) is 0.238. The van der Waals surface area contributed by atoms with Gasteiger partial charge in [-0.1, -0.05) is 18.2 Å². The summed E-state index contributed by atoms with van der Waals surface area (Å²) in [5, 5.41) is 10.3. The van der Waals surface area contributed by atoms with Crippen molar-refractivity contribution in [3.63, 3.8) is 0 Å². The van der Waals surface area contributed by atoms with Gasteiger partial charge in [0, 0.05) is 11.5 Å². The molecule has 0 saturated carbocycles. The van der Waals surface area contributed by atoms with E-state index in [4.69, 9.17) is 0 Å². The molecule has 1 amide bonds. The van der Waals surface area contributed by atoms with Gasteiger partial charge in [0.15, 0.2) is 0 Å². The van der Waals surface area contributed by atoms with Gasteiger partial charge in [0.1, 0.15) is 11.6 Å². The number of rotatable bonds is 5. The fourth-order valence-corrected chi connectivity index (χ4v) is 3.36. The Morgan fingerprint density at radius 3 is 2.64 bits per heavy atom. The molecule has 7 heteroatoms. The second kappa shape index (κ2) is 7.90. The number of halogens is 2. The van der Waals surface area contributed by atoms with Crippen LogP contribution in [0.3, 0.4) is 0 Å². The van der Waals surface area contributed by atoms with Crippen molar-refractivity contribution in [1.29, 1.82) is 0 Å². The molecule has 5 nitrogen and oxygen atoms in total. The summed E-state index contributed by atoms with van der Waals surface area (Å²) < 4.78 is 27.4. The van der Waals surface area contributed by atoms with Crippen molar-refractivity contribution in [2.75, 3.05) is 25.0 Å². The van der Waals surface area contributed by atoms with Crippen molar-refractivity contribution in [1.82, 2.24) is 15.1 Å². The van der Waals surface area contributed by atoms with Crippen LogP contribution in [0.2, 0.25) is 0 Å². The molecule has 1 aliphatic rings. The summed E-state index contributed by atoms with van der Waals surface area (Å²) in [6, 6.07) is 8.98. The van der Waals surface area contributed by atoms with Gasteiger partial charge in [0.2, 0.25) is 5.91 Å². The zero-order chi connectivity index (χ0) is 19.5. The molecule has 0 bridgehead atoms. The molecule has 4 rings (SSSR count). The number of carbonyl (C=O) groups excluding carboxylic acids is 1. The highest BCUT2D eigenvalue weighted by molar-refractivity contribution is 5.97. The Hall–Kier alpha value is -3.06. The van der Waals surface area contributed by atoms with Crippen LogP contribution < -0.4 is 5.32 Å². The molecule has 0 aliphatic carbocycles. The molecule has 0 radical (unpaired) electrons. The first-order valence-corrected chi connectivity index (χ1v) is 9.22. The minimum atomic E-state index is -0.514. The van der Waals surface area contributed by atoms with E-state index in [1.165, 1.54) is 18.2 Å². The van der Waals surface area contributed by atoms with Crippen LogP contribution in [-0.4, -0.2) is 40.6 Å². The lowest BCUT2D eigenvalue weighted by Crippen LogP contribution is -2.31. The van der Waals surface area contributed by atoms with Gasteiger partial charge in [-0.15, -0.1) is 0 Å². The van der Waals surface area contributed by atoms with E-state index in [1.807, 2.05) is 0 Å². The number of amides is 1. The highest BCUT2D eigenvalue weighted by atomic mass is 19.1. The first-order chi connectivity index (χ1) is 13.6. The Balaban J connectivity index is 1.55. The van der Waals surface area contributed by atoms with Gasteiger partial charge in [0.05, 0.1) is 23.4 Å². The molecule has 0 atom stereocenters. The molecule has 2 heterocycles. The number of nitrogens with zero attached hydrogens (tertiary/aromatic N) is 2. The number of hydrogen-bond donors (Lipinski definition) is 2. The zero-order valence-electron chi connectivity index (χ0n) is 15.2. The Morgan fingerprint density at radius 1 is 1.14 bits per heavy atom. The molecule has 144 valence electrons. The van der Waals surface area contributed by atoms with Gasteiger partial charge >= 0.3 is 0 Å². The molecule has 28 heavy (non-hydrogen) atoms. The maximum absolute atomic E-state index is 14.4. The molecule has 2 aromatic carbocycles. The number of H-pyrrole nitrogens is 1. The maximum Gasteiger partial charge on any atom is 0.238 e. The van der Waals surface area contributed by atoms with E-state index >= 15 is 0 Å². The minimum Gasteiger partial charge on any atom is -0.322 e. The number of carbonyl (C=O) groups is 1. The molecule has 0 spiro atoms. The molecule has 2 N–H and O–H groups in total. The average molecular weight is 382 g/mol. The Labute approximate surface area is 161 Å². The highest BCUT2D eigenvalue weighted by Crippen LogP contribution is 2.25. The largest absolute Gasteiger partial charge is 0.322 e. The van der Waals surface area contributed by atoms with Crippen molar-refractivity contribution in [2.45, 2.75) is 12.8 Å². The summed E-state index contributed by atoms with van der Waals surface area (Å²) in [5.41, 5.74) is 2.09. The maximum atomic E-state index is 14.4. The third-order valence-electron chi connectivity index (χ3n) is 4.82. The summed E-state index contributed by atoms with van der Waals surface area (Å²) in [7, 11) is 0. The Kier molecular flexibility index (Phi) is 5.16. The SMILES string of the molecule is O=C(CN1CCCC1)Nc1cc2c(C=Cc3ccc(F)cc3)n[nH]c2cc1F. The molecule has 1 fully saturated rings. The number of fused-ring (bicyclic) bond motifs is 1. The van der Waals surface area contributed by atoms with Crippen LogP contribution in [0.1, 0.15) is 24.1 Å². The molecule has 3 aromatic rings. The Bertz CT molecular complexity index is 1020. The van der Waals surface area contributed by atoms with Gasteiger partial charge in [-0.05, 0) is 55.8 Å². The predicted octanol–water partition coefficient (Wildman–Crippen LogP) is 4.05. The number of hydrogen-bond acceptors (Lipinski definition) is 3. The third kappa shape index (κ3) is 4.09. The van der Waals surface area contributed by atoms with E-state index in [-0.39, 0.29) is 24.0 Å². The molecular formula is C21H20F2N4O. The summed E-state index contributed by atoms with van der Waals surface area (Å²) in [4.78, 5) is 14.3. The zero-order valence-corrected chi connectivity index (χ0v) is 15.2. The molecular weight excluding hydrogens is 362 g/mol. The molecule has 1 aliphatic heterocycles. The van der Waals surface area contributed by atoms with Gasteiger partial charge < -0.3 is 5.32 Å². The van der Waals surface area contributed by atoms with Crippen molar-refractivity contribution in [3.8, 4) is 0 Å². The second-order valence-electron chi connectivity index (χ2n) is 6.90. The normalized spacial score (nSPS) is 14.9. The molecule has 0 unspecified atom stereocenters. The van der Waals surface area contributed by atoms with Crippen molar-refractivity contribution >= 4 is 34.6 Å². The monoisotopic (exact) mass is 382 g/mol. The lowest BCUT2D eigenvalue weighted by Gasteiger charge is -2.14. The number of aromatic amines is 1. The summed E-state index contributed by atoms with van der Waals surface area (Å²) in [5.74, 6) is -1.04. The van der Waals surface area contributed by atoms with Crippen molar-refractivity contribution in [2.24, 2.45) is 0 Å². The molecule has 1 aromatic heterocycles. The van der Waals surface area contributed by atoms with Crippen LogP contribution >= 0.6 is 0 Å². The number of aromatic nitrogens is 2. The van der Waals surface area contributed by atoms with E-state index in [2.05, 4.69) is 20.4 Å². The molecule has 1 saturated heterocycles. The number of nitrogens with one attached hydrogen (secondary N) is 2. The van der Waals surface area contributed by atoms with E-state index in [1.54, 1.807) is 30.4 Å². The van der Waals surface area contributed by atoms with E-state index in [9.17, 15) is 13.6 Å². The third-order valence-corrected chi connectivity index (χ3v) is 4.82. The van der Waals surface area contributed by atoms with Gasteiger partial charge in [-0.3, -0.25) is 14.8 Å². The van der Waals surface area contributed by atoms with Gasteiger partial charge in [0.25, 0.3) is 0 Å². The van der Waals surface area contributed by atoms with Crippen LogP contribution in [0.25, 0.3) is 23.1 Å². The lowest BCUT2D eigenvalue weighted by molar-refractivity contribution is -0.117. The van der Waals surface area contributed by atoms with E-state index in [0.29, 0.717) is 16.6 Å². The van der Waals surface area contributed by atoms with Crippen LogP contribution in [0.15, 0.2) is 36.4 Å². The fourth-order valence-electron chi connectivity index (χ4n) is 3.36. The highest BCUT2D eigenvalue weighted by Gasteiger charge is 2.17. The Morgan fingerprint density at radius 2 is 1.89 bits per heavy atom. The van der Waals surface area contributed by atoms with E-state index < -0.39 is 5.82 Å². The quantitative estimate of drug-likeness (QED) is 0.700. The van der Waals surface area contributed by atoms with Crippen LogP contribution in [0, 0.1) is 11.6 Å². The van der Waals surface area contributed by atoms with Crippen LogP contribution in [-0.2, 0) is 4.79 Å². The number of anilines is 1. The van der Waals surface area contributed by atoms with Crippen molar-refractivity contribution < 1.29 is 13.6 Å². The average Bonchev–Trinajstić information content (AvgIpc) is 3.31. The smallest absolute Gasteiger partial charge is 0.238 e. The summed E-state index contributed by atoms with van der Waals surface area (Å²) >= 11 is 0. The standard InChI is InChI=1S/C21H20F2N4O/c22-15-6-3-14(4-7-15)5-8-18-16-11-20(17(23)12-19(16)26-25-18)24-21(28)13-27-9-1-2-10-27/h3-8,11-12H,1-2,9-10,13H2,(H,24,28)(H,25,26). The number of likely N-dealkylation sites (tertiary alicyclic amines) is 1. The lowest BCUT2D eigenvalue weighted by atomic mass is 10.1. The van der Waals surface area contributed by atoms with Gasteiger partial charge in [-0.2, -0.15) is 5.10 Å². The summed E-state index contributed by atoms with van der Waals surface area (Å²) in [6.45, 7) is 2.06. The number of benzene rings is 2. The predicted molar refractivity (Wildman–Crippen MR) is 106 cm³/mol. The first-order valence-electron chi connectivity index (χ1n) is 9.22. The minimum absolute atomic E-state index is 0.134. The topological polar surface area (TPSA) is 61.0 Å². The van der Waals surface area contributed by atoms with Gasteiger partial charge in [-0.25, -0.2) is 8.78 Å². The summed E-state index contributed by atoms with van der Waals surface area (Å²) in [6.07, 6.45) is 5.74. The van der Waals surface area contributed by atoms with E-state index in [0.717, 1.165) is 31.5 Å². The van der Waals surface area contributed by atoms with Crippen LogP contribution in [0.5, 0.6) is 0 Å². The van der Waals surface area contributed by atoms with Crippen LogP contribution in [0.4, 0.5) is 14.5 Å². The second-order valence-corrected chi connectivity index (χ2v) is 6.90.